The number of ether oxygens (including phenoxy) is 1. The summed E-state index contributed by atoms with van der Waals surface area (Å²) < 4.78 is 5.23. The number of benzene rings is 1. The van der Waals surface area contributed by atoms with Crippen LogP contribution in [0.15, 0.2) is 12.1 Å². The fraction of sp³-hybridized carbons (Fsp3) is 0.533. The summed E-state index contributed by atoms with van der Waals surface area (Å²) in [6.07, 6.45) is 4.34. The van der Waals surface area contributed by atoms with Gasteiger partial charge in [0.25, 0.3) is 0 Å². The summed E-state index contributed by atoms with van der Waals surface area (Å²) in [5.41, 5.74) is 0.858. The molecule has 1 N–H and O–H groups in total. The van der Waals surface area contributed by atoms with Crippen LogP contribution in [0.1, 0.15) is 43.2 Å². The topological polar surface area (TPSA) is 46.5 Å². The molecule has 1 aliphatic carbocycles. The number of hydrogen-bond donors (Lipinski definition) is 1. The van der Waals surface area contributed by atoms with Crippen LogP contribution in [0, 0.1) is 6.92 Å². The second kappa shape index (κ2) is 5.41. The first kappa shape index (κ1) is 14.2. The Balaban J connectivity index is 2.59. The van der Waals surface area contributed by atoms with Gasteiger partial charge in [-0.1, -0.05) is 30.9 Å². The summed E-state index contributed by atoms with van der Waals surface area (Å²) in [7, 11) is 1.57. The fourth-order valence-electron chi connectivity index (χ4n) is 3.02. The number of carbonyl (C=O) groups is 1. The average Bonchev–Trinajstić information content (AvgIpc) is 2.42. The molecule has 1 fully saturated rings. The Bertz CT molecular complexity index is 490. The van der Waals surface area contributed by atoms with Crippen LogP contribution in [0.4, 0.5) is 0 Å². The van der Waals surface area contributed by atoms with Crippen molar-refractivity contribution in [2.24, 2.45) is 0 Å². The largest absolute Gasteiger partial charge is 0.497 e. The maximum atomic E-state index is 11.9. The highest BCUT2D eigenvalue weighted by atomic mass is 35.5. The third-order valence-corrected chi connectivity index (χ3v) is 4.58. The molecule has 4 heteroatoms. The minimum Gasteiger partial charge on any atom is -0.497 e. The van der Waals surface area contributed by atoms with E-state index in [1.807, 2.05) is 13.0 Å². The lowest BCUT2D eigenvalue weighted by molar-refractivity contribution is -0.145. The first-order valence-electron chi connectivity index (χ1n) is 6.59. The maximum Gasteiger partial charge on any atom is 0.314 e. The van der Waals surface area contributed by atoms with Crippen LogP contribution in [-0.4, -0.2) is 18.2 Å². The monoisotopic (exact) mass is 282 g/mol. The minimum absolute atomic E-state index is 0.570. The molecule has 1 aromatic rings. The summed E-state index contributed by atoms with van der Waals surface area (Å²) in [5, 5.41) is 10.3. The van der Waals surface area contributed by atoms with Gasteiger partial charge < -0.3 is 9.84 Å². The van der Waals surface area contributed by atoms with Crippen molar-refractivity contribution in [1.82, 2.24) is 0 Å². The van der Waals surface area contributed by atoms with Crippen molar-refractivity contribution in [3.8, 4) is 5.75 Å². The van der Waals surface area contributed by atoms with Crippen LogP contribution < -0.4 is 4.74 Å². The smallest absolute Gasteiger partial charge is 0.314 e. The van der Waals surface area contributed by atoms with Gasteiger partial charge in [0.1, 0.15) is 5.75 Å². The predicted molar refractivity (Wildman–Crippen MR) is 75.1 cm³/mol. The molecule has 0 aromatic heterocycles. The van der Waals surface area contributed by atoms with E-state index in [2.05, 4.69) is 0 Å². The highest BCUT2D eigenvalue weighted by molar-refractivity contribution is 6.31. The normalized spacial score (nSPS) is 18.1. The van der Waals surface area contributed by atoms with Crippen LogP contribution in [0.25, 0.3) is 0 Å². The lowest BCUT2D eigenvalue weighted by atomic mass is 9.68. The Morgan fingerprint density at radius 3 is 2.47 bits per heavy atom. The molecule has 0 amide bonds. The highest BCUT2D eigenvalue weighted by Crippen LogP contribution is 2.43. The van der Waals surface area contributed by atoms with E-state index in [4.69, 9.17) is 16.3 Å². The molecule has 19 heavy (non-hydrogen) atoms. The number of methoxy groups -OCH3 is 1. The standard InChI is InChI=1S/C15H19ClO3/c1-10-12(8-11(19-2)9-13(10)16)15(14(17)18)6-4-3-5-7-15/h8-9H,3-7H2,1-2H3,(H,17,18). The maximum absolute atomic E-state index is 11.9. The van der Waals surface area contributed by atoms with Crippen LogP contribution in [-0.2, 0) is 10.2 Å². The Hall–Kier alpha value is -1.22. The SMILES string of the molecule is COc1cc(Cl)c(C)c(C2(C(=O)O)CCCCC2)c1. The van der Waals surface area contributed by atoms with E-state index in [1.165, 1.54) is 0 Å². The summed E-state index contributed by atoms with van der Waals surface area (Å²) >= 11 is 6.21. The van der Waals surface area contributed by atoms with Crippen molar-refractivity contribution in [2.75, 3.05) is 7.11 Å². The van der Waals surface area contributed by atoms with Gasteiger partial charge in [0.15, 0.2) is 0 Å². The lowest BCUT2D eigenvalue weighted by Gasteiger charge is -2.35. The zero-order valence-corrected chi connectivity index (χ0v) is 12.1. The number of rotatable bonds is 3. The molecule has 104 valence electrons. The first-order chi connectivity index (χ1) is 9.01. The zero-order valence-electron chi connectivity index (χ0n) is 11.3. The highest BCUT2D eigenvalue weighted by Gasteiger charge is 2.42. The van der Waals surface area contributed by atoms with Crippen LogP contribution in [0.2, 0.25) is 5.02 Å². The molecule has 0 saturated heterocycles. The third-order valence-electron chi connectivity index (χ3n) is 4.19. The fourth-order valence-corrected chi connectivity index (χ4v) is 3.23. The second-order valence-electron chi connectivity index (χ2n) is 5.23. The molecular formula is C15H19ClO3. The van der Waals surface area contributed by atoms with Crippen molar-refractivity contribution in [3.05, 3.63) is 28.3 Å². The van der Waals surface area contributed by atoms with Crippen molar-refractivity contribution < 1.29 is 14.6 Å². The minimum atomic E-state index is -0.805. The molecule has 3 nitrogen and oxygen atoms in total. The molecule has 0 radical (unpaired) electrons. The van der Waals surface area contributed by atoms with Crippen LogP contribution >= 0.6 is 11.6 Å². The molecule has 1 saturated carbocycles. The van der Waals surface area contributed by atoms with E-state index in [1.54, 1.807) is 13.2 Å². The third kappa shape index (κ3) is 2.44. The van der Waals surface area contributed by atoms with Crippen molar-refractivity contribution in [1.29, 1.82) is 0 Å². The quantitative estimate of drug-likeness (QED) is 0.913. The van der Waals surface area contributed by atoms with Crippen LogP contribution in [0.5, 0.6) is 5.75 Å². The number of halogens is 1. The molecule has 0 atom stereocenters. The van der Waals surface area contributed by atoms with Gasteiger partial charge in [-0.05, 0) is 43.0 Å². The van der Waals surface area contributed by atoms with Gasteiger partial charge >= 0.3 is 5.97 Å². The van der Waals surface area contributed by atoms with Crippen molar-refractivity contribution >= 4 is 17.6 Å². The summed E-state index contributed by atoms with van der Waals surface area (Å²) in [4.78, 5) is 11.9. The van der Waals surface area contributed by atoms with Gasteiger partial charge in [-0.2, -0.15) is 0 Å². The van der Waals surface area contributed by atoms with E-state index in [-0.39, 0.29) is 0 Å². The second-order valence-corrected chi connectivity index (χ2v) is 5.64. The Labute approximate surface area is 118 Å². The van der Waals surface area contributed by atoms with E-state index >= 15 is 0 Å². The van der Waals surface area contributed by atoms with Gasteiger partial charge in [-0.25, -0.2) is 0 Å². The summed E-state index contributed by atoms with van der Waals surface area (Å²) in [6, 6.07) is 3.57. The van der Waals surface area contributed by atoms with Crippen LogP contribution in [0.3, 0.4) is 0 Å². The molecule has 0 aliphatic heterocycles. The summed E-state index contributed by atoms with van der Waals surface area (Å²) in [5.74, 6) is -0.128. The van der Waals surface area contributed by atoms with Gasteiger partial charge in [-0.3, -0.25) is 4.79 Å². The van der Waals surface area contributed by atoms with E-state index in [9.17, 15) is 9.90 Å². The molecule has 1 aliphatic rings. The van der Waals surface area contributed by atoms with Gasteiger partial charge in [0.05, 0.1) is 12.5 Å². The van der Waals surface area contributed by atoms with Gasteiger partial charge in [0, 0.05) is 5.02 Å². The zero-order chi connectivity index (χ0) is 14.0. The number of hydrogen-bond acceptors (Lipinski definition) is 2. The summed E-state index contributed by atoms with van der Waals surface area (Å²) in [6.45, 7) is 1.89. The van der Waals surface area contributed by atoms with Crippen molar-refractivity contribution in [3.63, 3.8) is 0 Å². The Kier molecular flexibility index (Phi) is 4.04. The molecule has 0 spiro atoms. The Morgan fingerprint density at radius 2 is 1.95 bits per heavy atom. The average molecular weight is 283 g/mol. The Morgan fingerprint density at radius 1 is 1.32 bits per heavy atom. The molecule has 0 unspecified atom stereocenters. The molecule has 2 rings (SSSR count). The first-order valence-corrected chi connectivity index (χ1v) is 6.97. The molecule has 1 aromatic carbocycles. The van der Waals surface area contributed by atoms with E-state index in [0.29, 0.717) is 23.6 Å². The van der Waals surface area contributed by atoms with Crippen molar-refractivity contribution in [2.45, 2.75) is 44.4 Å². The van der Waals surface area contributed by atoms with E-state index in [0.717, 1.165) is 30.4 Å². The van der Waals surface area contributed by atoms with Gasteiger partial charge in [-0.15, -0.1) is 0 Å². The van der Waals surface area contributed by atoms with E-state index < -0.39 is 11.4 Å². The van der Waals surface area contributed by atoms with Gasteiger partial charge in [0.2, 0.25) is 0 Å². The number of carboxylic acids is 1. The lowest BCUT2D eigenvalue weighted by Crippen LogP contribution is -2.38. The molecule has 0 heterocycles. The molecule has 0 bridgehead atoms. The predicted octanol–water partition coefficient (Wildman–Crippen LogP) is 3.94. The number of carboxylic acid groups (broad SMARTS) is 1. The number of aliphatic carboxylic acids is 1. The molecular weight excluding hydrogens is 264 g/mol.